The number of methoxy groups -OCH3 is 1. The number of aromatic nitrogens is 2. The number of carbonyl (C=O) groups is 1. The molecule has 0 N–H and O–H groups in total. The summed E-state index contributed by atoms with van der Waals surface area (Å²) in [5.41, 5.74) is 1.40. The number of ether oxygens (including phenoxy) is 1. The maximum atomic E-state index is 11.6. The molecule has 2 heterocycles. The van der Waals surface area contributed by atoms with E-state index in [1.165, 1.54) is 7.11 Å². The Kier molecular flexibility index (Phi) is 4.05. The molecule has 0 fully saturated rings. The molecule has 0 spiro atoms. The van der Waals surface area contributed by atoms with Crippen LogP contribution >= 0.6 is 0 Å². The van der Waals surface area contributed by atoms with Crippen molar-refractivity contribution in [1.82, 2.24) is 9.55 Å². The summed E-state index contributed by atoms with van der Waals surface area (Å²) < 4.78 is 12.1. The zero-order chi connectivity index (χ0) is 15.4. The van der Waals surface area contributed by atoms with Gasteiger partial charge >= 0.3 is 5.97 Å². The van der Waals surface area contributed by atoms with Gasteiger partial charge < -0.3 is 13.7 Å². The molecule has 0 saturated carbocycles. The van der Waals surface area contributed by atoms with Crippen LogP contribution in [-0.2, 0) is 17.7 Å². The second-order valence-electron chi connectivity index (χ2n) is 4.85. The van der Waals surface area contributed by atoms with Gasteiger partial charge in [0.05, 0.1) is 18.9 Å². The van der Waals surface area contributed by atoms with E-state index in [1.54, 1.807) is 24.6 Å². The van der Waals surface area contributed by atoms with Gasteiger partial charge in [0, 0.05) is 30.9 Å². The normalized spacial score (nSPS) is 10.6. The van der Waals surface area contributed by atoms with E-state index in [4.69, 9.17) is 9.15 Å². The predicted octanol–water partition coefficient (Wildman–Crippen LogP) is 3.17. The summed E-state index contributed by atoms with van der Waals surface area (Å²) in [7, 11) is 1.37. The Hall–Kier alpha value is -2.82. The van der Waals surface area contributed by atoms with Crippen LogP contribution in [0.15, 0.2) is 59.5 Å². The molecule has 0 aliphatic rings. The van der Waals surface area contributed by atoms with Crippen LogP contribution < -0.4 is 0 Å². The number of imidazole rings is 1. The molecule has 0 amide bonds. The second kappa shape index (κ2) is 6.30. The van der Waals surface area contributed by atoms with E-state index in [9.17, 15) is 4.79 Å². The Balaban J connectivity index is 1.83. The van der Waals surface area contributed by atoms with Gasteiger partial charge in [-0.3, -0.25) is 0 Å². The Morgan fingerprint density at radius 1 is 1.32 bits per heavy atom. The topological polar surface area (TPSA) is 57.3 Å². The Bertz CT molecular complexity index is 760. The molecular weight excluding hydrogens is 280 g/mol. The van der Waals surface area contributed by atoms with E-state index in [1.807, 2.05) is 35.0 Å². The van der Waals surface area contributed by atoms with Crippen molar-refractivity contribution in [3.8, 4) is 11.4 Å². The van der Waals surface area contributed by atoms with E-state index in [2.05, 4.69) is 4.98 Å². The van der Waals surface area contributed by atoms with E-state index in [0.29, 0.717) is 5.56 Å². The molecule has 22 heavy (non-hydrogen) atoms. The van der Waals surface area contributed by atoms with Gasteiger partial charge in [-0.1, -0.05) is 12.1 Å². The largest absolute Gasteiger partial charge is 0.469 e. The van der Waals surface area contributed by atoms with Crippen molar-refractivity contribution in [2.45, 2.75) is 13.0 Å². The van der Waals surface area contributed by atoms with E-state index >= 15 is 0 Å². The van der Waals surface area contributed by atoms with Crippen molar-refractivity contribution in [1.29, 1.82) is 0 Å². The third-order valence-corrected chi connectivity index (χ3v) is 3.44. The first-order valence-corrected chi connectivity index (χ1v) is 7.00. The number of aryl methyl sites for hydroxylation is 2. The first-order valence-electron chi connectivity index (χ1n) is 7.00. The highest BCUT2D eigenvalue weighted by molar-refractivity contribution is 5.90. The Morgan fingerprint density at radius 2 is 2.23 bits per heavy atom. The van der Waals surface area contributed by atoms with Gasteiger partial charge in [-0.15, -0.1) is 0 Å². The molecule has 2 aromatic heterocycles. The summed E-state index contributed by atoms with van der Waals surface area (Å²) in [6, 6.07) is 11.1. The van der Waals surface area contributed by atoms with Crippen molar-refractivity contribution in [3.05, 3.63) is 66.4 Å². The summed E-state index contributed by atoms with van der Waals surface area (Å²) >= 11 is 0. The number of nitrogens with zero attached hydrogens (tertiary/aromatic N) is 2. The van der Waals surface area contributed by atoms with Crippen LogP contribution in [-0.4, -0.2) is 22.6 Å². The minimum atomic E-state index is -0.351. The summed E-state index contributed by atoms with van der Waals surface area (Å²) in [6.45, 7) is 0.755. The van der Waals surface area contributed by atoms with Crippen molar-refractivity contribution >= 4 is 5.97 Å². The number of furan rings is 1. The average Bonchev–Trinajstić information content (AvgIpc) is 3.23. The smallest absolute Gasteiger partial charge is 0.337 e. The zero-order valence-corrected chi connectivity index (χ0v) is 12.2. The molecule has 0 aliphatic heterocycles. The van der Waals surface area contributed by atoms with Gasteiger partial charge in [-0.2, -0.15) is 0 Å². The second-order valence-corrected chi connectivity index (χ2v) is 4.85. The minimum absolute atomic E-state index is 0.351. The molecule has 0 bridgehead atoms. The average molecular weight is 296 g/mol. The Morgan fingerprint density at radius 3 is 3.00 bits per heavy atom. The van der Waals surface area contributed by atoms with E-state index in [0.717, 1.165) is 30.1 Å². The lowest BCUT2D eigenvalue weighted by atomic mass is 10.1. The third-order valence-electron chi connectivity index (χ3n) is 3.44. The molecule has 3 aromatic rings. The van der Waals surface area contributed by atoms with Crippen LogP contribution in [0.25, 0.3) is 11.4 Å². The molecule has 1 aromatic carbocycles. The number of hydrogen-bond donors (Lipinski definition) is 0. The summed E-state index contributed by atoms with van der Waals surface area (Å²) in [5.74, 6) is 1.40. The number of esters is 1. The third kappa shape index (κ3) is 2.93. The number of hydrogen-bond acceptors (Lipinski definition) is 4. The van der Waals surface area contributed by atoms with Gasteiger partial charge in [0.2, 0.25) is 0 Å². The first-order chi connectivity index (χ1) is 10.8. The lowest BCUT2D eigenvalue weighted by Crippen LogP contribution is -2.04. The maximum absolute atomic E-state index is 11.6. The van der Waals surface area contributed by atoms with Gasteiger partial charge in [-0.05, 0) is 24.3 Å². The highest BCUT2D eigenvalue weighted by Gasteiger charge is 2.10. The van der Waals surface area contributed by atoms with Crippen LogP contribution in [0, 0.1) is 0 Å². The quantitative estimate of drug-likeness (QED) is 0.679. The van der Waals surface area contributed by atoms with Crippen LogP contribution in [0.4, 0.5) is 0 Å². The monoisotopic (exact) mass is 296 g/mol. The number of rotatable bonds is 5. The van der Waals surface area contributed by atoms with E-state index in [-0.39, 0.29) is 5.97 Å². The van der Waals surface area contributed by atoms with Crippen molar-refractivity contribution < 1.29 is 13.9 Å². The molecular formula is C17H16N2O3. The summed E-state index contributed by atoms with van der Waals surface area (Å²) in [6.07, 6.45) is 6.13. The van der Waals surface area contributed by atoms with E-state index < -0.39 is 0 Å². The lowest BCUT2D eigenvalue weighted by Gasteiger charge is -2.08. The van der Waals surface area contributed by atoms with Gasteiger partial charge in [-0.25, -0.2) is 9.78 Å². The maximum Gasteiger partial charge on any atom is 0.337 e. The fourth-order valence-corrected chi connectivity index (χ4v) is 2.34. The van der Waals surface area contributed by atoms with Crippen molar-refractivity contribution in [3.63, 3.8) is 0 Å². The van der Waals surface area contributed by atoms with Crippen LogP contribution in [0.2, 0.25) is 0 Å². The molecule has 0 unspecified atom stereocenters. The van der Waals surface area contributed by atoms with Crippen molar-refractivity contribution in [2.75, 3.05) is 7.11 Å². The van der Waals surface area contributed by atoms with Crippen LogP contribution in [0.5, 0.6) is 0 Å². The fourth-order valence-electron chi connectivity index (χ4n) is 2.34. The minimum Gasteiger partial charge on any atom is -0.469 e. The fraction of sp³-hybridized carbons (Fsp3) is 0.176. The molecule has 0 radical (unpaired) electrons. The molecule has 112 valence electrons. The van der Waals surface area contributed by atoms with Crippen LogP contribution in [0.3, 0.4) is 0 Å². The standard InChI is InChI=1S/C17H16N2O3/c1-21-17(20)14-5-2-4-13(12-14)16-18-8-10-19(16)9-7-15-6-3-11-22-15/h2-6,8,10-12H,7,9H2,1H3. The van der Waals surface area contributed by atoms with Gasteiger partial charge in [0.1, 0.15) is 11.6 Å². The van der Waals surface area contributed by atoms with Gasteiger partial charge in [0.25, 0.3) is 0 Å². The number of carbonyl (C=O) groups excluding carboxylic acids is 1. The predicted molar refractivity (Wildman–Crippen MR) is 81.4 cm³/mol. The highest BCUT2D eigenvalue weighted by Crippen LogP contribution is 2.20. The lowest BCUT2D eigenvalue weighted by molar-refractivity contribution is 0.0601. The van der Waals surface area contributed by atoms with Gasteiger partial charge in [0.15, 0.2) is 0 Å². The first kappa shape index (κ1) is 14.1. The Labute approximate surface area is 128 Å². The summed E-state index contributed by atoms with van der Waals surface area (Å²) in [4.78, 5) is 16.0. The molecule has 0 saturated heterocycles. The SMILES string of the molecule is COC(=O)c1cccc(-c2nccn2CCc2ccco2)c1. The van der Waals surface area contributed by atoms with Crippen LogP contribution in [0.1, 0.15) is 16.1 Å². The molecule has 0 atom stereocenters. The zero-order valence-electron chi connectivity index (χ0n) is 12.2. The molecule has 5 heteroatoms. The molecule has 5 nitrogen and oxygen atoms in total. The molecule has 3 rings (SSSR count). The molecule has 0 aliphatic carbocycles. The highest BCUT2D eigenvalue weighted by atomic mass is 16.5. The summed E-state index contributed by atoms with van der Waals surface area (Å²) in [5, 5.41) is 0. The van der Waals surface area contributed by atoms with Crippen molar-refractivity contribution in [2.24, 2.45) is 0 Å². The number of benzene rings is 1.